The largest absolute Gasteiger partial charge is 0.371 e. The van der Waals surface area contributed by atoms with Crippen molar-refractivity contribution in [1.82, 2.24) is 15.2 Å². The summed E-state index contributed by atoms with van der Waals surface area (Å²) in [5.41, 5.74) is 1.95. The highest BCUT2D eigenvalue weighted by molar-refractivity contribution is 5.63. The van der Waals surface area contributed by atoms with Crippen molar-refractivity contribution in [3.05, 3.63) is 36.2 Å². The third-order valence-corrected chi connectivity index (χ3v) is 2.11. The Kier molecular flexibility index (Phi) is 2.74. The van der Waals surface area contributed by atoms with Crippen LogP contribution in [0, 0.1) is 11.3 Å². The zero-order valence-electron chi connectivity index (χ0n) is 8.68. The normalized spacial score (nSPS) is 9.50. The number of rotatable bonds is 2. The summed E-state index contributed by atoms with van der Waals surface area (Å²) < 4.78 is 0. The molecule has 0 saturated heterocycles. The van der Waals surface area contributed by atoms with Gasteiger partial charge in [0.2, 0.25) is 0 Å². The fourth-order valence-electron chi connectivity index (χ4n) is 1.32. The van der Waals surface area contributed by atoms with Crippen molar-refractivity contribution in [1.29, 1.82) is 5.26 Å². The van der Waals surface area contributed by atoms with E-state index in [1.165, 1.54) is 0 Å². The Bertz CT molecular complexity index is 530. The second kappa shape index (κ2) is 4.36. The lowest BCUT2D eigenvalue weighted by molar-refractivity contribution is 1.03. The Balaban J connectivity index is 2.49. The van der Waals surface area contributed by atoms with Gasteiger partial charge in [-0.1, -0.05) is 0 Å². The van der Waals surface area contributed by atoms with Gasteiger partial charge in [0.25, 0.3) is 0 Å². The molecule has 5 heteroatoms. The standard InChI is InChI=1S/C11H9N5/c1-13-11-9(6-12)5-10(15-16-11)8-3-2-4-14-7-8/h2-5,7H,1H3,(H,13,16). The molecule has 78 valence electrons. The van der Waals surface area contributed by atoms with Crippen LogP contribution in [0.1, 0.15) is 5.56 Å². The van der Waals surface area contributed by atoms with E-state index in [1.807, 2.05) is 12.1 Å². The molecule has 2 aromatic heterocycles. The molecular formula is C11H9N5. The fourth-order valence-corrected chi connectivity index (χ4v) is 1.32. The molecular weight excluding hydrogens is 202 g/mol. The SMILES string of the molecule is CNc1nnc(-c2cccnc2)cc1C#N. The molecule has 0 aliphatic carbocycles. The Morgan fingerprint density at radius 2 is 2.25 bits per heavy atom. The molecule has 1 N–H and O–H groups in total. The zero-order valence-corrected chi connectivity index (χ0v) is 8.68. The molecule has 2 rings (SSSR count). The topological polar surface area (TPSA) is 74.5 Å². The molecule has 0 unspecified atom stereocenters. The van der Waals surface area contributed by atoms with Crippen LogP contribution in [0.2, 0.25) is 0 Å². The molecule has 0 atom stereocenters. The summed E-state index contributed by atoms with van der Waals surface area (Å²) in [6, 6.07) is 7.45. The van der Waals surface area contributed by atoms with Gasteiger partial charge in [-0.15, -0.1) is 10.2 Å². The van der Waals surface area contributed by atoms with E-state index in [0.29, 0.717) is 17.1 Å². The summed E-state index contributed by atoms with van der Waals surface area (Å²) in [6.45, 7) is 0. The van der Waals surface area contributed by atoms with E-state index in [2.05, 4.69) is 26.6 Å². The molecule has 0 spiro atoms. The summed E-state index contributed by atoms with van der Waals surface area (Å²) in [7, 11) is 1.70. The van der Waals surface area contributed by atoms with Crippen LogP contribution in [-0.2, 0) is 0 Å². The predicted octanol–water partition coefficient (Wildman–Crippen LogP) is 1.45. The highest BCUT2D eigenvalue weighted by atomic mass is 15.2. The minimum atomic E-state index is 0.469. The van der Waals surface area contributed by atoms with Crippen molar-refractivity contribution in [2.45, 2.75) is 0 Å². The lowest BCUT2D eigenvalue weighted by atomic mass is 10.1. The number of anilines is 1. The summed E-state index contributed by atoms with van der Waals surface area (Å²) in [6.07, 6.45) is 3.37. The predicted molar refractivity (Wildman–Crippen MR) is 59.5 cm³/mol. The van der Waals surface area contributed by atoms with Crippen LogP contribution < -0.4 is 5.32 Å². The van der Waals surface area contributed by atoms with E-state index in [-0.39, 0.29) is 0 Å². The van der Waals surface area contributed by atoms with Crippen LogP contribution >= 0.6 is 0 Å². The van der Waals surface area contributed by atoms with E-state index in [4.69, 9.17) is 5.26 Å². The maximum absolute atomic E-state index is 8.95. The third kappa shape index (κ3) is 1.81. The van der Waals surface area contributed by atoms with E-state index in [1.54, 1.807) is 25.5 Å². The monoisotopic (exact) mass is 211 g/mol. The summed E-state index contributed by atoms with van der Waals surface area (Å²) in [5.74, 6) is 0.482. The Morgan fingerprint density at radius 1 is 1.38 bits per heavy atom. The molecule has 0 amide bonds. The van der Waals surface area contributed by atoms with Crippen LogP contribution in [0.3, 0.4) is 0 Å². The number of aromatic nitrogens is 3. The van der Waals surface area contributed by atoms with Crippen LogP contribution in [-0.4, -0.2) is 22.2 Å². The number of pyridine rings is 1. The minimum Gasteiger partial charge on any atom is -0.371 e. The van der Waals surface area contributed by atoms with Gasteiger partial charge in [-0.3, -0.25) is 4.98 Å². The Morgan fingerprint density at radius 3 is 2.88 bits per heavy atom. The molecule has 2 heterocycles. The first kappa shape index (κ1) is 10.1. The second-order valence-electron chi connectivity index (χ2n) is 3.10. The average Bonchev–Trinajstić information content (AvgIpc) is 2.39. The molecule has 16 heavy (non-hydrogen) atoms. The van der Waals surface area contributed by atoms with Crippen molar-refractivity contribution >= 4 is 5.82 Å². The van der Waals surface area contributed by atoms with Gasteiger partial charge in [0.1, 0.15) is 6.07 Å². The lowest BCUT2D eigenvalue weighted by Crippen LogP contribution is -1.99. The third-order valence-electron chi connectivity index (χ3n) is 2.11. The summed E-state index contributed by atoms with van der Waals surface area (Å²) in [5, 5.41) is 19.7. The first-order valence-corrected chi connectivity index (χ1v) is 4.71. The van der Waals surface area contributed by atoms with Crippen molar-refractivity contribution in [2.24, 2.45) is 0 Å². The number of hydrogen-bond acceptors (Lipinski definition) is 5. The number of nitrogens with zero attached hydrogens (tertiary/aromatic N) is 4. The van der Waals surface area contributed by atoms with Crippen LogP contribution in [0.4, 0.5) is 5.82 Å². The van der Waals surface area contributed by atoms with E-state index >= 15 is 0 Å². The highest BCUT2D eigenvalue weighted by Gasteiger charge is 2.06. The summed E-state index contributed by atoms with van der Waals surface area (Å²) in [4.78, 5) is 3.99. The van der Waals surface area contributed by atoms with Crippen molar-refractivity contribution in [3.63, 3.8) is 0 Å². The number of nitriles is 1. The van der Waals surface area contributed by atoms with Crippen LogP contribution in [0.25, 0.3) is 11.3 Å². The smallest absolute Gasteiger partial charge is 0.166 e. The maximum Gasteiger partial charge on any atom is 0.166 e. The maximum atomic E-state index is 8.95. The van der Waals surface area contributed by atoms with Gasteiger partial charge in [0.15, 0.2) is 5.82 Å². The second-order valence-corrected chi connectivity index (χ2v) is 3.10. The molecule has 0 aliphatic rings. The number of hydrogen-bond donors (Lipinski definition) is 1. The average molecular weight is 211 g/mol. The van der Waals surface area contributed by atoms with Crippen molar-refractivity contribution in [2.75, 3.05) is 12.4 Å². The molecule has 0 radical (unpaired) electrons. The van der Waals surface area contributed by atoms with Crippen molar-refractivity contribution < 1.29 is 0 Å². The van der Waals surface area contributed by atoms with Gasteiger partial charge in [-0.2, -0.15) is 5.26 Å². The molecule has 5 nitrogen and oxygen atoms in total. The molecule has 0 saturated carbocycles. The first-order valence-electron chi connectivity index (χ1n) is 4.71. The van der Waals surface area contributed by atoms with Gasteiger partial charge in [0.05, 0.1) is 11.3 Å². The van der Waals surface area contributed by atoms with Gasteiger partial charge < -0.3 is 5.32 Å². The summed E-state index contributed by atoms with van der Waals surface area (Å²) >= 11 is 0. The first-order chi connectivity index (χ1) is 7.85. The Labute approximate surface area is 92.8 Å². The quantitative estimate of drug-likeness (QED) is 0.813. The van der Waals surface area contributed by atoms with Crippen LogP contribution in [0.15, 0.2) is 30.6 Å². The van der Waals surface area contributed by atoms with Gasteiger partial charge in [-0.05, 0) is 18.2 Å². The molecule has 0 fully saturated rings. The Hall–Kier alpha value is -2.48. The van der Waals surface area contributed by atoms with Gasteiger partial charge in [-0.25, -0.2) is 0 Å². The zero-order chi connectivity index (χ0) is 11.4. The fraction of sp³-hybridized carbons (Fsp3) is 0.0909. The highest BCUT2D eigenvalue weighted by Crippen LogP contribution is 2.18. The van der Waals surface area contributed by atoms with Crippen molar-refractivity contribution in [3.8, 4) is 17.3 Å². The van der Waals surface area contributed by atoms with E-state index in [9.17, 15) is 0 Å². The number of nitrogens with one attached hydrogen (secondary N) is 1. The van der Waals surface area contributed by atoms with Crippen LogP contribution in [0.5, 0.6) is 0 Å². The lowest BCUT2D eigenvalue weighted by Gasteiger charge is -2.03. The van der Waals surface area contributed by atoms with E-state index < -0.39 is 0 Å². The minimum absolute atomic E-state index is 0.469. The molecule has 0 bridgehead atoms. The molecule has 0 aliphatic heterocycles. The van der Waals surface area contributed by atoms with Gasteiger partial charge >= 0.3 is 0 Å². The van der Waals surface area contributed by atoms with E-state index in [0.717, 1.165) is 5.56 Å². The van der Waals surface area contributed by atoms with Gasteiger partial charge in [0, 0.05) is 25.0 Å². The molecule has 0 aromatic carbocycles. The molecule has 2 aromatic rings.